The molecule has 0 aliphatic rings. The van der Waals surface area contributed by atoms with Gasteiger partial charge in [0.15, 0.2) is 0 Å². The quantitative estimate of drug-likeness (QED) is 0.654. The summed E-state index contributed by atoms with van der Waals surface area (Å²) < 4.78 is 5.49. The number of amides is 1. The van der Waals surface area contributed by atoms with Crippen LogP contribution in [0.15, 0.2) is 29.6 Å². The van der Waals surface area contributed by atoms with Crippen molar-refractivity contribution < 1.29 is 14.6 Å². The number of aromatic nitrogens is 1. The van der Waals surface area contributed by atoms with Gasteiger partial charge in [-0.05, 0) is 31.2 Å². The molecule has 0 saturated carbocycles. The molecular weight excluding hydrogens is 350 g/mol. The Labute approximate surface area is 151 Å². The average molecular weight is 372 g/mol. The van der Waals surface area contributed by atoms with Crippen LogP contribution in [0.25, 0.3) is 0 Å². The van der Waals surface area contributed by atoms with Crippen molar-refractivity contribution in [2.45, 2.75) is 19.4 Å². The number of carbonyl (C=O) groups excluding carboxylic acids is 1. The van der Waals surface area contributed by atoms with Crippen LogP contribution in [0, 0.1) is 6.92 Å². The maximum Gasteiger partial charge on any atom is 0.270 e. The van der Waals surface area contributed by atoms with Crippen LogP contribution in [0.4, 0.5) is 0 Å². The molecule has 2 aromatic rings. The molecule has 4 N–H and O–H groups in total. The summed E-state index contributed by atoms with van der Waals surface area (Å²) in [7, 11) is 0. The average Bonchev–Trinajstić information content (AvgIpc) is 3.00. The second-order valence-electron chi connectivity index (χ2n) is 5.16. The Morgan fingerprint density at radius 2 is 2.29 bits per heavy atom. The number of nitrogens with two attached hydrogens (primary N) is 1. The van der Waals surface area contributed by atoms with E-state index in [0.717, 1.165) is 10.6 Å². The summed E-state index contributed by atoms with van der Waals surface area (Å²) in [6, 6.07) is 7.57. The van der Waals surface area contributed by atoms with E-state index in [4.69, 9.17) is 10.5 Å². The second kappa shape index (κ2) is 10.2. The Morgan fingerprint density at radius 3 is 3.00 bits per heavy atom. The minimum atomic E-state index is -0.790. The summed E-state index contributed by atoms with van der Waals surface area (Å²) in [6.07, 6.45) is -0.133. The van der Waals surface area contributed by atoms with E-state index >= 15 is 0 Å². The number of aliphatic hydroxyl groups is 1. The molecule has 0 fully saturated rings. The summed E-state index contributed by atoms with van der Waals surface area (Å²) in [5, 5.41) is 15.1. The molecule has 2 rings (SSSR count). The Bertz CT molecular complexity index is 651. The maximum absolute atomic E-state index is 11.9. The van der Waals surface area contributed by atoms with Crippen LogP contribution in [0.3, 0.4) is 0 Å². The first-order valence-corrected chi connectivity index (χ1v) is 8.26. The number of aryl methyl sites for hydroxylation is 1. The van der Waals surface area contributed by atoms with Gasteiger partial charge in [0.2, 0.25) is 0 Å². The molecular formula is C16H22ClN3O3S. The third kappa shape index (κ3) is 6.45. The predicted octanol–water partition coefficient (Wildman–Crippen LogP) is 1.54. The van der Waals surface area contributed by atoms with E-state index < -0.39 is 6.10 Å². The van der Waals surface area contributed by atoms with Gasteiger partial charge in [-0.1, -0.05) is 12.1 Å². The highest BCUT2D eigenvalue weighted by atomic mass is 35.5. The van der Waals surface area contributed by atoms with E-state index in [1.165, 1.54) is 11.3 Å². The monoisotopic (exact) mass is 371 g/mol. The Balaban J connectivity index is 0.00000288. The molecule has 8 heteroatoms. The Morgan fingerprint density at radius 1 is 1.50 bits per heavy atom. The van der Waals surface area contributed by atoms with Gasteiger partial charge in [0.05, 0.1) is 5.01 Å². The van der Waals surface area contributed by atoms with Crippen molar-refractivity contribution in [1.29, 1.82) is 0 Å². The highest BCUT2D eigenvalue weighted by Gasteiger charge is 2.13. The number of thiazole rings is 1. The summed E-state index contributed by atoms with van der Waals surface area (Å²) in [5.74, 6) is 0.389. The largest absolute Gasteiger partial charge is 0.491 e. The molecule has 0 aliphatic carbocycles. The molecule has 0 bridgehead atoms. The van der Waals surface area contributed by atoms with Gasteiger partial charge in [-0.3, -0.25) is 4.79 Å². The molecule has 1 aromatic heterocycles. The summed E-state index contributed by atoms with van der Waals surface area (Å²) in [4.78, 5) is 16.1. The lowest BCUT2D eigenvalue weighted by Crippen LogP contribution is -2.35. The summed E-state index contributed by atoms with van der Waals surface area (Å²) in [5.41, 5.74) is 6.89. The number of ether oxygens (including phenoxy) is 1. The van der Waals surface area contributed by atoms with Gasteiger partial charge in [-0.15, -0.1) is 23.7 Å². The number of nitrogens with one attached hydrogen (secondary N) is 1. The van der Waals surface area contributed by atoms with E-state index in [1.807, 2.05) is 31.2 Å². The number of nitrogens with zero attached hydrogens (tertiary/aromatic N) is 1. The molecule has 0 radical (unpaired) electrons. The molecule has 1 aromatic carbocycles. The number of hydrogen-bond acceptors (Lipinski definition) is 6. The molecule has 1 atom stereocenters. The molecule has 132 valence electrons. The lowest BCUT2D eigenvalue weighted by atomic mass is 10.2. The van der Waals surface area contributed by atoms with Gasteiger partial charge in [0, 0.05) is 18.3 Å². The molecule has 1 unspecified atom stereocenters. The van der Waals surface area contributed by atoms with Crippen molar-refractivity contribution in [1.82, 2.24) is 10.3 Å². The number of benzene rings is 1. The smallest absolute Gasteiger partial charge is 0.270 e. The lowest BCUT2D eigenvalue weighted by Gasteiger charge is -2.13. The summed E-state index contributed by atoms with van der Waals surface area (Å²) in [6.45, 7) is 2.69. The van der Waals surface area contributed by atoms with Crippen LogP contribution < -0.4 is 15.8 Å². The van der Waals surface area contributed by atoms with Gasteiger partial charge in [0.1, 0.15) is 24.2 Å². The van der Waals surface area contributed by atoms with Crippen molar-refractivity contribution in [2.24, 2.45) is 5.73 Å². The molecule has 1 amide bonds. The van der Waals surface area contributed by atoms with E-state index in [1.54, 1.807) is 5.38 Å². The van der Waals surface area contributed by atoms with Gasteiger partial charge in [-0.2, -0.15) is 0 Å². The highest BCUT2D eigenvalue weighted by molar-refractivity contribution is 7.09. The van der Waals surface area contributed by atoms with Crippen molar-refractivity contribution >= 4 is 29.7 Å². The number of carbonyl (C=O) groups is 1. The van der Waals surface area contributed by atoms with Crippen LogP contribution >= 0.6 is 23.7 Å². The number of halogens is 1. The zero-order valence-electron chi connectivity index (χ0n) is 13.4. The topological polar surface area (TPSA) is 97.5 Å². The van der Waals surface area contributed by atoms with Crippen molar-refractivity contribution in [2.75, 3.05) is 19.7 Å². The Hall–Kier alpha value is -1.67. The summed E-state index contributed by atoms with van der Waals surface area (Å²) >= 11 is 1.41. The van der Waals surface area contributed by atoms with Crippen LogP contribution in [-0.4, -0.2) is 41.8 Å². The minimum Gasteiger partial charge on any atom is -0.491 e. The molecule has 0 aliphatic heterocycles. The van der Waals surface area contributed by atoms with E-state index in [-0.39, 0.29) is 31.5 Å². The van der Waals surface area contributed by atoms with Crippen LogP contribution in [-0.2, 0) is 6.42 Å². The van der Waals surface area contributed by atoms with Gasteiger partial charge in [0.25, 0.3) is 5.91 Å². The first-order chi connectivity index (χ1) is 11.1. The first kappa shape index (κ1) is 20.4. The van der Waals surface area contributed by atoms with Gasteiger partial charge < -0.3 is 20.9 Å². The molecule has 1 heterocycles. The second-order valence-corrected chi connectivity index (χ2v) is 6.10. The van der Waals surface area contributed by atoms with Crippen molar-refractivity contribution in [3.05, 3.63) is 45.9 Å². The number of aliphatic hydroxyl groups excluding tert-OH is 1. The van der Waals surface area contributed by atoms with Gasteiger partial charge in [-0.25, -0.2) is 4.98 Å². The van der Waals surface area contributed by atoms with Crippen molar-refractivity contribution in [3.63, 3.8) is 0 Å². The maximum atomic E-state index is 11.9. The number of rotatable bonds is 8. The van der Waals surface area contributed by atoms with E-state index in [0.29, 0.717) is 24.4 Å². The van der Waals surface area contributed by atoms with E-state index in [2.05, 4.69) is 10.3 Å². The van der Waals surface area contributed by atoms with Gasteiger partial charge >= 0.3 is 0 Å². The predicted molar refractivity (Wildman–Crippen MR) is 97.1 cm³/mol. The zero-order chi connectivity index (χ0) is 16.7. The highest BCUT2D eigenvalue weighted by Crippen LogP contribution is 2.12. The first-order valence-electron chi connectivity index (χ1n) is 7.38. The lowest BCUT2D eigenvalue weighted by molar-refractivity contribution is 0.0840. The normalized spacial score (nSPS) is 11.5. The van der Waals surface area contributed by atoms with Crippen LogP contribution in [0.2, 0.25) is 0 Å². The Kier molecular flexibility index (Phi) is 8.70. The molecule has 0 spiro atoms. The molecule has 6 nitrogen and oxygen atoms in total. The fourth-order valence-corrected chi connectivity index (χ4v) is 2.71. The third-order valence-corrected chi connectivity index (χ3v) is 3.98. The third-order valence-electron chi connectivity index (χ3n) is 3.07. The fourth-order valence-electron chi connectivity index (χ4n) is 1.91. The van der Waals surface area contributed by atoms with Crippen LogP contribution in [0.1, 0.15) is 21.1 Å². The van der Waals surface area contributed by atoms with Crippen molar-refractivity contribution in [3.8, 4) is 5.75 Å². The SMILES string of the molecule is Cc1cccc(OCC(O)CNC(=O)c2csc(CCN)n2)c1.Cl. The molecule has 0 saturated heterocycles. The number of hydrogen-bond donors (Lipinski definition) is 3. The van der Waals surface area contributed by atoms with Crippen LogP contribution in [0.5, 0.6) is 5.75 Å². The van der Waals surface area contributed by atoms with E-state index in [9.17, 15) is 9.90 Å². The fraction of sp³-hybridized carbons (Fsp3) is 0.375. The zero-order valence-corrected chi connectivity index (χ0v) is 15.0. The molecule has 24 heavy (non-hydrogen) atoms. The minimum absolute atomic E-state index is 0. The standard InChI is InChI=1S/C16H21N3O3S.ClH/c1-11-3-2-4-13(7-11)22-9-12(20)8-18-16(21)14-10-23-15(19-14)5-6-17;/h2-4,7,10,12,20H,5-6,8-9,17H2,1H3,(H,18,21);1H.